The molecule has 12 nitrogen and oxygen atoms in total. The number of fused-ring (bicyclic) bond motifs is 2. The minimum atomic E-state index is -0.771. The van der Waals surface area contributed by atoms with Crippen LogP contribution in [0.4, 0.5) is 0 Å². The number of rotatable bonds is 2. The summed E-state index contributed by atoms with van der Waals surface area (Å²) in [6.07, 6.45) is 0. The number of hydrogen-bond acceptors (Lipinski definition) is 12. The molecule has 4 aromatic carbocycles. The predicted octanol–water partition coefficient (Wildman–Crippen LogP) is 4.56. The summed E-state index contributed by atoms with van der Waals surface area (Å²) < 4.78 is 10.9. The van der Waals surface area contributed by atoms with E-state index in [2.05, 4.69) is 0 Å². The molecule has 2 heterocycles. The molecule has 0 aliphatic heterocycles. The Morgan fingerprint density at radius 1 is 0.429 bits per heavy atom. The summed E-state index contributed by atoms with van der Waals surface area (Å²) in [4.78, 5) is 24.1. The molecule has 212 valence electrons. The van der Waals surface area contributed by atoms with Gasteiger partial charge in [0.1, 0.15) is 45.0 Å². The highest BCUT2D eigenvalue weighted by Crippen LogP contribution is 2.41. The number of hydrogen-bond donors (Lipinski definition) is 8. The van der Waals surface area contributed by atoms with E-state index in [9.17, 15) is 50.4 Å². The number of phenolic OH excluding ortho intramolecular Hbond substituents is 8. The SMILES string of the molecule is O=c1cc(-c2ccc(O)cc2)oc2cc(O)c(O)c(O)c12.O=c1cc(-c2ccc(O)cc2)oc2cc(O)c(O)c(O)c12. The smallest absolute Gasteiger partial charge is 0.201 e. The molecule has 8 N–H and O–H groups in total. The zero-order valence-corrected chi connectivity index (χ0v) is 21.1. The standard InChI is InChI=1S/2C15H10O6/c2*16-8-3-1-7(2-4-8)11-5-9(17)13-12(21-11)6-10(18)14(19)15(13)20/h2*1-6,16,18-20H. The first-order valence-electron chi connectivity index (χ1n) is 12.0. The van der Waals surface area contributed by atoms with E-state index in [1.165, 1.54) is 24.3 Å². The molecule has 12 heteroatoms. The van der Waals surface area contributed by atoms with Crippen LogP contribution in [0, 0.1) is 0 Å². The van der Waals surface area contributed by atoms with Gasteiger partial charge >= 0.3 is 0 Å². The van der Waals surface area contributed by atoms with Crippen molar-refractivity contribution in [2.75, 3.05) is 0 Å². The maximum absolute atomic E-state index is 12.1. The van der Waals surface area contributed by atoms with Gasteiger partial charge in [0.05, 0.1) is 0 Å². The monoisotopic (exact) mass is 572 g/mol. The predicted molar refractivity (Wildman–Crippen MR) is 149 cm³/mol. The van der Waals surface area contributed by atoms with Crippen molar-refractivity contribution in [3.63, 3.8) is 0 Å². The van der Waals surface area contributed by atoms with Crippen LogP contribution in [-0.2, 0) is 0 Å². The largest absolute Gasteiger partial charge is 0.508 e. The van der Waals surface area contributed by atoms with Crippen molar-refractivity contribution in [3.05, 3.63) is 93.2 Å². The second-order valence-electron chi connectivity index (χ2n) is 8.98. The van der Waals surface area contributed by atoms with Gasteiger partial charge in [-0.3, -0.25) is 9.59 Å². The van der Waals surface area contributed by atoms with E-state index in [0.29, 0.717) is 11.1 Å². The van der Waals surface area contributed by atoms with Crippen LogP contribution in [0.5, 0.6) is 46.0 Å². The first-order valence-corrected chi connectivity index (χ1v) is 12.0. The van der Waals surface area contributed by atoms with Gasteiger partial charge in [-0.25, -0.2) is 0 Å². The third kappa shape index (κ3) is 4.91. The van der Waals surface area contributed by atoms with Crippen LogP contribution >= 0.6 is 0 Å². The number of aromatic hydroxyl groups is 8. The van der Waals surface area contributed by atoms with Gasteiger partial charge in [-0.2, -0.15) is 0 Å². The minimum absolute atomic E-state index is 0.0571. The van der Waals surface area contributed by atoms with Crippen molar-refractivity contribution in [2.45, 2.75) is 0 Å². The molecule has 0 saturated heterocycles. The van der Waals surface area contributed by atoms with E-state index in [4.69, 9.17) is 8.83 Å². The summed E-state index contributed by atoms with van der Waals surface area (Å²) in [6.45, 7) is 0. The zero-order chi connectivity index (χ0) is 30.3. The lowest BCUT2D eigenvalue weighted by atomic mass is 10.1. The van der Waals surface area contributed by atoms with Crippen molar-refractivity contribution in [3.8, 4) is 68.6 Å². The van der Waals surface area contributed by atoms with Crippen molar-refractivity contribution in [2.24, 2.45) is 0 Å². The Balaban J connectivity index is 0.000000168. The van der Waals surface area contributed by atoms with Gasteiger partial charge in [-0.05, 0) is 48.5 Å². The average Bonchev–Trinajstić information content (AvgIpc) is 2.95. The molecule has 6 rings (SSSR count). The van der Waals surface area contributed by atoms with Crippen LogP contribution in [-0.4, -0.2) is 40.9 Å². The Labute approximate surface area is 233 Å². The number of benzene rings is 4. The molecule has 0 bridgehead atoms. The van der Waals surface area contributed by atoms with E-state index in [1.807, 2.05) is 0 Å². The van der Waals surface area contributed by atoms with E-state index in [1.54, 1.807) is 24.3 Å². The molecule has 2 aromatic heterocycles. The first kappa shape index (κ1) is 27.3. The molecule has 0 amide bonds. The quantitative estimate of drug-likeness (QED) is 0.134. The van der Waals surface area contributed by atoms with Crippen molar-refractivity contribution in [1.82, 2.24) is 0 Å². The fourth-order valence-corrected chi connectivity index (χ4v) is 4.09. The summed E-state index contributed by atoms with van der Waals surface area (Å²) in [5.41, 5.74) is -0.159. The summed E-state index contributed by atoms with van der Waals surface area (Å²) >= 11 is 0. The third-order valence-corrected chi connectivity index (χ3v) is 6.20. The molecule has 42 heavy (non-hydrogen) atoms. The van der Waals surface area contributed by atoms with E-state index >= 15 is 0 Å². The van der Waals surface area contributed by atoms with Gasteiger partial charge in [-0.1, -0.05) is 0 Å². The van der Waals surface area contributed by atoms with E-state index in [0.717, 1.165) is 24.3 Å². The van der Waals surface area contributed by atoms with Crippen LogP contribution in [0.25, 0.3) is 44.6 Å². The fourth-order valence-electron chi connectivity index (χ4n) is 4.09. The second kappa shape index (κ2) is 10.4. The molecule has 0 unspecified atom stereocenters. The van der Waals surface area contributed by atoms with Crippen LogP contribution in [0.3, 0.4) is 0 Å². The lowest BCUT2D eigenvalue weighted by molar-refractivity contribution is 0.370. The maximum atomic E-state index is 12.1. The lowest BCUT2D eigenvalue weighted by Crippen LogP contribution is -2.00. The van der Waals surface area contributed by atoms with E-state index < -0.39 is 45.4 Å². The van der Waals surface area contributed by atoms with Crippen LogP contribution < -0.4 is 10.9 Å². The van der Waals surface area contributed by atoms with Crippen LogP contribution in [0.1, 0.15) is 0 Å². The topological polar surface area (TPSA) is 222 Å². The van der Waals surface area contributed by atoms with Gasteiger partial charge in [0.2, 0.25) is 11.5 Å². The highest BCUT2D eigenvalue weighted by atomic mass is 16.4. The molecule has 0 spiro atoms. The summed E-state index contributed by atoms with van der Waals surface area (Å²) in [5, 5.41) is 75.3. The lowest BCUT2D eigenvalue weighted by Gasteiger charge is -2.07. The molecule has 0 saturated carbocycles. The molecule has 0 fully saturated rings. The molecule has 6 aromatic rings. The minimum Gasteiger partial charge on any atom is -0.508 e. The number of phenols is 8. The highest BCUT2D eigenvalue weighted by Gasteiger charge is 2.18. The molecular weight excluding hydrogens is 552 g/mol. The van der Waals surface area contributed by atoms with Gasteiger partial charge in [0, 0.05) is 35.4 Å². The Kier molecular flexibility index (Phi) is 6.72. The Morgan fingerprint density at radius 3 is 1.10 bits per heavy atom. The second-order valence-corrected chi connectivity index (χ2v) is 8.98. The van der Waals surface area contributed by atoms with Gasteiger partial charge in [-0.15, -0.1) is 0 Å². The van der Waals surface area contributed by atoms with Crippen LogP contribution in [0.2, 0.25) is 0 Å². The fraction of sp³-hybridized carbons (Fsp3) is 0. The molecule has 0 aliphatic rings. The Morgan fingerprint density at radius 2 is 0.762 bits per heavy atom. The Hall–Kier alpha value is -6.30. The van der Waals surface area contributed by atoms with Gasteiger partial charge < -0.3 is 49.7 Å². The summed E-state index contributed by atoms with van der Waals surface area (Å²) in [5.74, 6) is -3.62. The first-order chi connectivity index (χ1) is 19.9. The molecule has 0 radical (unpaired) electrons. The maximum Gasteiger partial charge on any atom is 0.201 e. The summed E-state index contributed by atoms with van der Waals surface area (Å²) in [6, 6.07) is 16.4. The summed E-state index contributed by atoms with van der Waals surface area (Å²) in [7, 11) is 0. The van der Waals surface area contributed by atoms with E-state index in [-0.39, 0.29) is 45.0 Å². The zero-order valence-electron chi connectivity index (χ0n) is 21.1. The molecular formula is C30H20O12. The Bertz CT molecular complexity index is 1940. The molecule has 0 atom stereocenters. The van der Waals surface area contributed by atoms with Gasteiger partial charge in [0.25, 0.3) is 0 Å². The average molecular weight is 572 g/mol. The van der Waals surface area contributed by atoms with Gasteiger partial charge in [0.15, 0.2) is 33.9 Å². The van der Waals surface area contributed by atoms with Crippen molar-refractivity contribution < 1.29 is 49.7 Å². The highest BCUT2D eigenvalue weighted by molar-refractivity contribution is 5.90. The normalized spacial score (nSPS) is 10.9. The van der Waals surface area contributed by atoms with Crippen molar-refractivity contribution >= 4 is 21.9 Å². The van der Waals surface area contributed by atoms with Crippen molar-refractivity contribution in [1.29, 1.82) is 0 Å². The third-order valence-electron chi connectivity index (χ3n) is 6.20. The molecule has 0 aliphatic carbocycles. The van der Waals surface area contributed by atoms with Crippen LogP contribution in [0.15, 0.2) is 91.2 Å².